The lowest BCUT2D eigenvalue weighted by Crippen LogP contribution is -1.96. The van der Waals surface area contributed by atoms with Gasteiger partial charge in [0.1, 0.15) is 10.1 Å². The summed E-state index contributed by atoms with van der Waals surface area (Å²) in [5.74, 6) is 0.417. The lowest BCUT2D eigenvalue weighted by atomic mass is 10.0. The molecule has 1 saturated carbocycles. The van der Waals surface area contributed by atoms with Crippen LogP contribution in [0.4, 0.5) is 0 Å². The molecule has 14 heavy (non-hydrogen) atoms. The molecule has 0 radical (unpaired) electrons. The second-order valence-electron chi connectivity index (χ2n) is 4.37. The van der Waals surface area contributed by atoms with Crippen molar-refractivity contribution in [2.24, 2.45) is 5.41 Å². The molecule has 0 amide bonds. The van der Waals surface area contributed by atoms with E-state index in [1.807, 2.05) is 26.0 Å². The second-order valence-corrected chi connectivity index (χ2v) is 5.76. The molecule has 0 spiro atoms. The zero-order valence-electron chi connectivity index (χ0n) is 8.09. The zero-order valence-corrected chi connectivity index (χ0v) is 9.60. The van der Waals surface area contributed by atoms with Gasteiger partial charge in [0.25, 0.3) is 0 Å². The largest absolute Gasteiger partial charge is 0.508 e. The van der Waals surface area contributed by atoms with Gasteiger partial charge in [0.2, 0.25) is 0 Å². The van der Waals surface area contributed by atoms with Crippen molar-refractivity contribution in [3.05, 3.63) is 29.8 Å². The molecular formula is C11H12Cl2O. The zero-order chi connectivity index (χ0) is 10.6. The molecule has 1 fully saturated rings. The Kier molecular flexibility index (Phi) is 2.03. The van der Waals surface area contributed by atoms with Crippen molar-refractivity contribution in [1.82, 2.24) is 0 Å². The number of hydrogen-bond donors (Lipinski definition) is 1. The standard InChI is InChI=1S/C11H12Cl2O/c1-10(2)9(11(10,12)13)7-3-5-8(14)6-4-7/h3-6,9,14H,1-2H3. The van der Waals surface area contributed by atoms with E-state index in [-0.39, 0.29) is 17.1 Å². The highest BCUT2D eigenvalue weighted by Gasteiger charge is 2.70. The second kappa shape index (κ2) is 2.80. The van der Waals surface area contributed by atoms with E-state index in [9.17, 15) is 0 Å². The van der Waals surface area contributed by atoms with Gasteiger partial charge in [-0.1, -0.05) is 26.0 Å². The van der Waals surface area contributed by atoms with E-state index in [1.165, 1.54) is 0 Å². The molecule has 1 aromatic carbocycles. The lowest BCUT2D eigenvalue weighted by molar-refractivity contribution is 0.475. The van der Waals surface area contributed by atoms with Crippen LogP contribution in [0.25, 0.3) is 0 Å². The van der Waals surface area contributed by atoms with Crippen LogP contribution in [-0.2, 0) is 0 Å². The first-order chi connectivity index (χ1) is 6.37. The van der Waals surface area contributed by atoms with Crippen molar-refractivity contribution in [2.45, 2.75) is 24.1 Å². The predicted molar refractivity (Wildman–Crippen MR) is 59.1 cm³/mol. The first-order valence-corrected chi connectivity index (χ1v) is 5.29. The first-order valence-electron chi connectivity index (χ1n) is 4.54. The molecule has 1 aliphatic carbocycles. The van der Waals surface area contributed by atoms with Crippen LogP contribution in [0.5, 0.6) is 5.75 Å². The average Bonchev–Trinajstić information content (AvgIpc) is 2.46. The van der Waals surface area contributed by atoms with Gasteiger partial charge in [-0.3, -0.25) is 0 Å². The van der Waals surface area contributed by atoms with Crippen LogP contribution in [0.2, 0.25) is 0 Å². The molecule has 0 saturated heterocycles. The van der Waals surface area contributed by atoms with Crippen LogP contribution >= 0.6 is 23.2 Å². The third-order valence-corrected chi connectivity index (χ3v) is 4.50. The predicted octanol–water partition coefficient (Wildman–Crippen LogP) is 3.69. The summed E-state index contributed by atoms with van der Waals surface area (Å²) in [6.45, 7) is 4.09. The van der Waals surface area contributed by atoms with Crippen molar-refractivity contribution in [1.29, 1.82) is 0 Å². The molecule has 3 heteroatoms. The minimum absolute atomic E-state index is 0.0902. The number of alkyl halides is 2. The van der Waals surface area contributed by atoms with Gasteiger partial charge in [0.05, 0.1) is 0 Å². The van der Waals surface area contributed by atoms with Gasteiger partial charge in [-0.15, -0.1) is 23.2 Å². The summed E-state index contributed by atoms with van der Waals surface area (Å²) in [7, 11) is 0. The summed E-state index contributed by atoms with van der Waals surface area (Å²) in [6.07, 6.45) is 0. The average molecular weight is 231 g/mol. The van der Waals surface area contributed by atoms with E-state index in [1.54, 1.807) is 12.1 Å². The summed E-state index contributed by atoms with van der Waals surface area (Å²) in [5.41, 5.74) is 0.991. The van der Waals surface area contributed by atoms with Gasteiger partial charge in [-0.2, -0.15) is 0 Å². The summed E-state index contributed by atoms with van der Waals surface area (Å²) >= 11 is 12.4. The maximum absolute atomic E-state index is 9.15. The molecule has 1 N–H and O–H groups in total. The van der Waals surface area contributed by atoms with Gasteiger partial charge in [-0.25, -0.2) is 0 Å². The maximum Gasteiger partial charge on any atom is 0.131 e. The first kappa shape index (κ1) is 10.1. The number of phenols is 1. The summed E-state index contributed by atoms with van der Waals surface area (Å²) < 4.78 is -0.677. The Morgan fingerprint density at radius 1 is 1.14 bits per heavy atom. The van der Waals surface area contributed by atoms with Crippen molar-refractivity contribution in [3.63, 3.8) is 0 Å². The van der Waals surface area contributed by atoms with E-state index in [0.717, 1.165) is 5.56 Å². The molecule has 1 nitrogen and oxygen atoms in total. The topological polar surface area (TPSA) is 20.2 Å². The van der Waals surface area contributed by atoms with E-state index in [0.29, 0.717) is 0 Å². The summed E-state index contributed by atoms with van der Waals surface area (Å²) in [4.78, 5) is 0. The Morgan fingerprint density at radius 3 is 1.93 bits per heavy atom. The fourth-order valence-electron chi connectivity index (χ4n) is 1.95. The van der Waals surface area contributed by atoms with Gasteiger partial charge in [0.15, 0.2) is 0 Å². The third-order valence-electron chi connectivity index (χ3n) is 3.09. The minimum Gasteiger partial charge on any atom is -0.508 e. The highest BCUT2D eigenvalue weighted by molar-refractivity contribution is 6.52. The highest BCUT2D eigenvalue weighted by atomic mass is 35.5. The number of hydrogen-bond acceptors (Lipinski definition) is 1. The summed E-state index contributed by atoms with van der Waals surface area (Å²) in [6, 6.07) is 7.06. The highest BCUT2D eigenvalue weighted by Crippen LogP contribution is 2.73. The Morgan fingerprint density at radius 2 is 1.57 bits per heavy atom. The molecule has 1 aromatic rings. The third kappa shape index (κ3) is 1.23. The van der Waals surface area contributed by atoms with Gasteiger partial charge in [-0.05, 0) is 17.7 Å². The van der Waals surface area contributed by atoms with Gasteiger partial charge < -0.3 is 5.11 Å². The van der Waals surface area contributed by atoms with Crippen LogP contribution in [0.15, 0.2) is 24.3 Å². The smallest absolute Gasteiger partial charge is 0.131 e. The number of rotatable bonds is 1. The number of halogens is 2. The van der Waals surface area contributed by atoms with E-state index < -0.39 is 4.33 Å². The normalized spacial score (nSPS) is 27.3. The number of aromatic hydroxyl groups is 1. The molecule has 0 aromatic heterocycles. The quantitative estimate of drug-likeness (QED) is 0.731. The minimum atomic E-state index is -0.677. The molecule has 1 aliphatic rings. The molecule has 1 atom stereocenters. The fourth-order valence-corrected chi connectivity index (χ4v) is 2.86. The monoisotopic (exact) mass is 230 g/mol. The molecular weight excluding hydrogens is 219 g/mol. The van der Waals surface area contributed by atoms with Crippen LogP contribution in [0, 0.1) is 5.41 Å². The van der Waals surface area contributed by atoms with Crippen molar-refractivity contribution in [2.75, 3.05) is 0 Å². The van der Waals surface area contributed by atoms with Crippen LogP contribution in [0.3, 0.4) is 0 Å². The molecule has 2 rings (SSSR count). The molecule has 0 heterocycles. The molecule has 76 valence electrons. The Labute approximate surface area is 93.7 Å². The Hall–Kier alpha value is -0.400. The van der Waals surface area contributed by atoms with Crippen LogP contribution in [0.1, 0.15) is 25.3 Å². The van der Waals surface area contributed by atoms with Crippen LogP contribution < -0.4 is 0 Å². The van der Waals surface area contributed by atoms with Crippen LogP contribution in [-0.4, -0.2) is 9.44 Å². The van der Waals surface area contributed by atoms with E-state index >= 15 is 0 Å². The van der Waals surface area contributed by atoms with Crippen molar-refractivity contribution in [3.8, 4) is 5.75 Å². The van der Waals surface area contributed by atoms with E-state index in [4.69, 9.17) is 28.3 Å². The summed E-state index contributed by atoms with van der Waals surface area (Å²) in [5, 5.41) is 9.15. The van der Waals surface area contributed by atoms with Crippen molar-refractivity contribution < 1.29 is 5.11 Å². The number of benzene rings is 1. The van der Waals surface area contributed by atoms with Gasteiger partial charge in [0, 0.05) is 11.3 Å². The maximum atomic E-state index is 9.15. The Bertz CT molecular complexity index is 340. The van der Waals surface area contributed by atoms with Crippen molar-refractivity contribution >= 4 is 23.2 Å². The molecule has 0 aliphatic heterocycles. The molecule has 1 unspecified atom stereocenters. The Balaban J connectivity index is 2.32. The van der Waals surface area contributed by atoms with E-state index in [2.05, 4.69) is 0 Å². The SMILES string of the molecule is CC1(C)C(c2ccc(O)cc2)C1(Cl)Cl. The molecule has 0 bridgehead atoms. The number of phenolic OH excluding ortho intramolecular Hbond substituents is 1. The van der Waals surface area contributed by atoms with Gasteiger partial charge >= 0.3 is 0 Å². The lowest BCUT2D eigenvalue weighted by Gasteiger charge is -2.01. The fraction of sp³-hybridized carbons (Fsp3) is 0.455.